The number of ether oxygens (including phenoxy) is 1. The van der Waals surface area contributed by atoms with Gasteiger partial charge in [-0.1, -0.05) is 0 Å². The minimum Gasteiger partial charge on any atom is -0.381 e. The zero-order valence-electron chi connectivity index (χ0n) is 18.0. The van der Waals surface area contributed by atoms with E-state index in [1.165, 1.54) is 0 Å². The summed E-state index contributed by atoms with van der Waals surface area (Å²) in [6, 6.07) is 4.80. The fourth-order valence-corrected chi connectivity index (χ4v) is 4.85. The lowest BCUT2D eigenvalue weighted by atomic mass is 9.98. The molecule has 0 radical (unpaired) electrons. The summed E-state index contributed by atoms with van der Waals surface area (Å²) >= 11 is 0. The Morgan fingerprint density at radius 1 is 1.06 bits per heavy atom. The first-order valence-electron chi connectivity index (χ1n) is 11.1. The van der Waals surface area contributed by atoms with Crippen LogP contribution >= 0.6 is 24.8 Å². The topological polar surface area (TPSA) is 96.6 Å². The van der Waals surface area contributed by atoms with Gasteiger partial charge in [0.05, 0.1) is 5.92 Å². The Bertz CT molecular complexity index is 657. The van der Waals surface area contributed by atoms with Crippen LogP contribution in [0.25, 0.3) is 0 Å². The van der Waals surface area contributed by atoms with E-state index in [0.717, 1.165) is 83.7 Å². The molecule has 3 aliphatic rings. The van der Waals surface area contributed by atoms with Crippen LogP contribution in [0.4, 0.5) is 5.82 Å². The number of anilines is 1. The van der Waals surface area contributed by atoms with E-state index in [0.29, 0.717) is 6.04 Å². The minimum absolute atomic E-state index is 0. The largest absolute Gasteiger partial charge is 0.381 e. The van der Waals surface area contributed by atoms with Crippen molar-refractivity contribution < 1.29 is 9.53 Å². The average molecular weight is 475 g/mol. The highest BCUT2D eigenvalue weighted by atomic mass is 35.5. The van der Waals surface area contributed by atoms with Gasteiger partial charge in [-0.15, -0.1) is 29.9 Å². The first-order chi connectivity index (χ1) is 14.2. The lowest BCUT2D eigenvalue weighted by Gasteiger charge is -2.36. The Morgan fingerprint density at radius 3 is 2.48 bits per heavy atom. The molecule has 3 fully saturated rings. The van der Waals surface area contributed by atoms with Crippen LogP contribution in [0.15, 0.2) is 18.3 Å². The molecule has 2 atom stereocenters. The quantitative estimate of drug-likeness (QED) is 0.683. The molecule has 4 heterocycles. The molecule has 1 aromatic rings. The van der Waals surface area contributed by atoms with Crippen molar-refractivity contribution in [1.82, 2.24) is 20.4 Å². The molecule has 0 unspecified atom stereocenters. The molecule has 3 saturated heterocycles. The summed E-state index contributed by atoms with van der Waals surface area (Å²) in [7, 11) is 0. The van der Waals surface area contributed by atoms with Gasteiger partial charge in [0.25, 0.3) is 0 Å². The van der Waals surface area contributed by atoms with E-state index in [1.54, 1.807) is 6.20 Å². The van der Waals surface area contributed by atoms with Gasteiger partial charge in [-0.25, -0.2) is 0 Å². The number of hydrogen-bond acceptors (Lipinski definition) is 7. The number of aromatic nitrogens is 2. The van der Waals surface area contributed by atoms with Crippen LogP contribution < -0.4 is 16.0 Å². The van der Waals surface area contributed by atoms with Gasteiger partial charge in [-0.3, -0.25) is 9.69 Å². The number of amides is 1. The van der Waals surface area contributed by atoms with Crippen molar-refractivity contribution in [2.24, 2.45) is 11.7 Å². The number of halogens is 2. The first kappa shape index (κ1) is 26.1. The van der Waals surface area contributed by atoms with Crippen molar-refractivity contribution >= 4 is 36.5 Å². The lowest BCUT2D eigenvalue weighted by Crippen LogP contribution is -2.49. The molecular formula is C21H36Cl2N6O2. The SMILES string of the molecule is Cl.Cl.N[C@H]1CC[C@@H](C(=O)NC2CCN(c3cccnn3)CC2)CN(C2CCOCC2)C1. The second-order valence-corrected chi connectivity index (χ2v) is 8.68. The fourth-order valence-electron chi connectivity index (χ4n) is 4.85. The molecule has 31 heavy (non-hydrogen) atoms. The van der Waals surface area contributed by atoms with Crippen molar-refractivity contribution in [2.45, 2.75) is 56.7 Å². The molecule has 0 aromatic carbocycles. The van der Waals surface area contributed by atoms with Crippen LogP contribution in [-0.4, -0.2) is 78.5 Å². The van der Waals surface area contributed by atoms with Gasteiger partial charge in [-0.05, 0) is 50.7 Å². The third-order valence-corrected chi connectivity index (χ3v) is 6.61. The van der Waals surface area contributed by atoms with Crippen molar-refractivity contribution in [3.63, 3.8) is 0 Å². The predicted molar refractivity (Wildman–Crippen MR) is 126 cm³/mol. The Kier molecular flexibility index (Phi) is 10.7. The molecule has 8 nitrogen and oxygen atoms in total. The van der Waals surface area contributed by atoms with E-state index < -0.39 is 0 Å². The van der Waals surface area contributed by atoms with Gasteiger partial charge in [0.2, 0.25) is 5.91 Å². The maximum atomic E-state index is 13.1. The summed E-state index contributed by atoms with van der Waals surface area (Å²) in [6.07, 6.45) is 7.47. The molecule has 4 rings (SSSR count). The Hall–Kier alpha value is -1.19. The third-order valence-electron chi connectivity index (χ3n) is 6.61. The van der Waals surface area contributed by atoms with Crippen LogP contribution in [0.3, 0.4) is 0 Å². The number of carbonyl (C=O) groups is 1. The zero-order chi connectivity index (χ0) is 20.1. The maximum absolute atomic E-state index is 13.1. The number of hydrogen-bond donors (Lipinski definition) is 2. The molecule has 10 heteroatoms. The highest BCUT2D eigenvalue weighted by Gasteiger charge is 2.32. The van der Waals surface area contributed by atoms with Crippen LogP contribution in [0.5, 0.6) is 0 Å². The summed E-state index contributed by atoms with van der Waals surface area (Å²) in [4.78, 5) is 17.8. The summed E-state index contributed by atoms with van der Waals surface area (Å²) in [5, 5.41) is 11.5. The summed E-state index contributed by atoms with van der Waals surface area (Å²) in [6.45, 7) is 5.14. The van der Waals surface area contributed by atoms with Gasteiger partial charge >= 0.3 is 0 Å². The molecule has 1 aromatic heterocycles. The number of rotatable bonds is 4. The molecular weight excluding hydrogens is 439 g/mol. The second-order valence-electron chi connectivity index (χ2n) is 8.68. The Balaban J connectivity index is 0.00000171. The van der Waals surface area contributed by atoms with Crippen molar-refractivity contribution in [2.75, 3.05) is 44.3 Å². The van der Waals surface area contributed by atoms with Gasteiger partial charge in [-0.2, -0.15) is 5.10 Å². The van der Waals surface area contributed by atoms with E-state index >= 15 is 0 Å². The molecule has 0 bridgehead atoms. The van der Waals surface area contributed by atoms with Gasteiger partial charge in [0, 0.05) is 63.7 Å². The van der Waals surface area contributed by atoms with Gasteiger partial charge in [0.15, 0.2) is 5.82 Å². The zero-order valence-corrected chi connectivity index (χ0v) is 19.7. The normalized spacial score (nSPS) is 26.3. The first-order valence-corrected chi connectivity index (χ1v) is 11.1. The maximum Gasteiger partial charge on any atom is 0.224 e. The molecule has 0 spiro atoms. The number of nitrogens with two attached hydrogens (primary N) is 1. The highest BCUT2D eigenvalue weighted by molar-refractivity contribution is 5.85. The molecule has 0 aliphatic carbocycles. The van der Waals surface area contributed by atoms with Crippen LogP contribution in [-0.2, 0) is 9.53 Å². The van der Waals surface area contributed by atoms with E-state index in [1.807, 2.05) is 12.1 Å². The summed E-state index contributed by atoms with van der Waals surface area (Å²) in [5.74, 6) is 1.15. The highest BCUT2D eigenvalue weighted by Crippen LogP contribution is 2.23. The fraction of sp³-hybridized carbons (Fsp3) is 0.762. The summed E-state index contributed by atoms with van der Waals surface area (Å²) < 4.78 is 5.51. The number of nitrogens with one attached hydrogen (secondary N) is 1. The Labute approximate surface area is 197 Å². The average Bonchev–Trinajstić information content (AvgIpc) is 2.97. The van der Waals surface area contributed by atoms with Crippen molar-refractivity contribution in [3.8, 4) is 0 Å². The molecule has 3 N–H and O–H groups in total. The van der Waals surface area contributed by atoms with E-state index in [2.05, 4.69) is 25.3 Å². The molecule has 176 valence electrons. The van der Waals surface area contributed by atoms with Crippen LogP contribution in [0.1, 0.15) is 38.5 Å². The van der Waals surface area contributed by atoms with E-state index in [9.17, 15) is 4.79 Å². The van der Waals surface area contributed by atoms with Crippen molar-refractivity contribution in [3.05, 3.63) is 18.3 Å². The lowest BCUT2D eigenvalue weighted by molar-refractivity contribution is -0.126. The smallest absolute Gasteiger partial charge is 0.224 e. The van der Waals surface area contributed by atoms with E-state index in [-0.39, 0.29) is 48.7 Å². The Morgan fingerprint density at radius 2 is 1.81 bits per heavy atom. The standard InChI is InChI=1S/C21H34N6O2.2ClH/c22-17-4-3-16(14-27(15-17)19-7-12-29-13-8-19)21(28)24-18-5-10-26(11-6-18)20-2-1-9-23-25-20;;/h1-2,9,16-19H,3-8,10-15,22H2,(H,24,28);2*1H/t16-,17+;;/m1../s1. The summed E-state index contributed by atoms with van der Waals surface area (Å²) in [5.41, 5.74) is 6.33. The predicted octanol–water partition coefficient (Wildman–Crippen LogP) is 1.62. The van der Waals surface area contributed by atoms with E-state index in [4.69, 9.17) is 10.5 Å². The molecule has 0 saturated carbocycles. The number of nitrogens with zero attached hydrogens (tertiary/aromatic N) is 4. The number of carbonyl (C=O) groups excluding carboxylic acids is 1. The monoisotopic (exact) mass is 474 g/mol. The second kappa shape index (κ2) is 12.7. The third kappa shape index (κ3) is 7.15. The van der Waals surface area contributed by atoms with Gasteiger partial charge in [0.1, 0.15) is 0 Å². The van der Waals surface area contributed by atoms with Gasteiger partial charge < -0.3 is 20.7 Å². The minimum atomic E-state index is 0. The van der Waals surface area contributed by atoms with Crippen molar-refractivity contribution in [1.29, 1.82) is 0 Å². The number of likely N-dealkylation sites (tertiary alicyclic amines) is 1. The van der Waals surface area contributed by atoms with Crippen LogP contribution in [0, 0.1) is 5.92 Å². The molecule has 3 aliphatic heterocycles. The number of piperidine rings is 1. The van der Waals surface area contributed by atoms with Crippen LogP contribution in [0.2, 0.25) is 0 Å². The molecule has 1 amide bonds.